The standard InChI is InChI=1S/C20H24N4O8/c1-2-29-20(28)21-6-7-30-12-4-3-5-13-17(12)22-18-14(31-13)9-24(19(27)23-18)16-8-11(26)15(10-25)32-16/h3-5,9,11,15-16,25-26H,2,6-8,10H2,1H3,(H,21,28)(H,22,23,27)/t11-,15+,16+/m0/s1. The molecule has 3 atom stereocenters. The highest BCUT2D eigenvalue weighted by Gasteiger charge is 2.36. The maximum Gasteiger partial charge on any atom is 0.407 e. The number of rotatable bonds is 7. The van der Waals surface area contributed by atoms with E-state index in [9.17, 15) is 19.8 Å². The van der Waals surface area contributed by atoms with Crippen LogP contribution in [0.4, 0.5) is 16.3 Å². The maximum absolute atomic E-state index is 12.6. The van der Waals surface area contributed by atoms with Crippen molar-refractivity contribution in [1.82, 2.24) is 14.9 Å². The molecule has 1 fully saturated rings. The molecule has 172 valence electrons. The lowest BCUT2D eigenvalue weighted by Gasteiger charge is -2.24. The normalized spacial score (nSPS) is 21.0. The molecular weight excluding hydrogens is 424 g/mol. The minimum Gasteiger partial charge on any atom is -0.489 e. The fourth-order valence-electron chi connectivity index (χ4n) is 3.44. The molecule has 2 aliphatic rings. The molecule has 2 aromatic rings. The van der Waals surface area contributed by atoms with E-state index in [1.165, 1.54) is 10.8 Å². The van der Waals surface area contributed by atoms with E-state index in [-0.39, 0.29) is 38.6 Å². The van der Waals surface area contributed by atoms with Crippen LogP contribution in [0.15, 0.2) is 29.2 Å². The number of alkyl carbamates (subject to hydrolysis) is 1. The third kappa shape index (κ3) is 4.47. The number of hydrogen-bond donors (Lipinski definition) is 4. The number of fused-ring (bicyclic) bond motifs is 2. The Balaban J connectivity index is 1.47. The van der Waals surface area contributed by atoms with E-state index in [1.54, 1.807) is 25.1 Å². The highest BCUT2D eigenvalue weighted by molar-refractivity contribution is 5.77. The summed E-state index contributed by atoms with van der Waals surface area (Å²) in [6, 6.07) is 5.18. The molecule has 0 unspecified atom stereocenters. The molecule has 1 amide bonds. The van der Waals surface area contributed by atoms with Gasteiger partial charge in [-0.15, -0.1) is 0 Å². The van der Waals surface area contributed by atoms with E-state index >= 15 is 0 Å². The Morgan fingerprint density at radius 1 is 1.41 bits per heavy atom. The van der Waals surface area contributed by atoms with Crippen LogP contribution in [0.25, 0.3) is 0 Å². The number of nitrogens with zero attached hydrogens (tertiary/aromatic N) is 2. The molecule has 0 aliphatic carbocycles. The zero-order chi connectivity index (χ0) is 22.7. The number of ether oxygens (including phenoxy) is 4. The number of aromatic nitrogens is 2. The van der Waals surface area contributed by atoms with Gasteiger partial charge >= 0.3 is 11.8 Å². The largest absolute Gasteiger partial charge is 0.489 e. The number of aliphatic hydroxyl groups is 2. The number of nitrogens with one attached hydrogen (secondary N) is 2. The van der Waals surface area contributed by atoms with Crippen LogP contribution in [-0.4, -0.2) is 64.4 Å². The Bertz CT molecular complexity index is 1040. The molecule has 1 aromatic heterocycles. The van der Waals surface area contributed by atoms with Crippen LogP contribution in [0.2, 0.25) is 0 Å². The van der Waals surface area contributed by atoms with Crippen molar-refractivity contribution < 1.29 is 34.0 Å². The quantitative estimate of drug-likeness (QED) is 0.383. The fraction of sp³-hybridized carbons (Fsp3) is 0.450. The fourth-order valence-corrected chi connectivity index (χ4v) is 3.44. The number of anilines is 2. The van der Waals surface area contributed by atoms with Crippen LogP contribution < -0.4 is 25.8 Å². The van der Waals surface area contributed by atoms with Crippen molar-refractivity contribution >= 4 is 17.6 Å². The summed E-state index contributed by atoms with van der Waals surface area (Å²) in [6.45, 7) is 2.07. The Hall–Kier alpha value is -3.35. The van der Waals surface area contributed by atoms with Crippen LogP contribution in [0.3, 0.4) is 0 Å². The number of hydrogen-bond acceptors (Lipinski definition) is 10. The number of carbonyl (C=O) groups is 1. The molecule has 0 bridgehead atoms. The predicted octanol–water partition coefficient (Wildman–Crippen LogP) is 0.858. The number of amides is 1. The van der Waals surface area contributed by atoms with Gasteiger partial charge in [0.05, 0.1) is 32.1 Å². The third-order valence-electron chi connectivity index (χ3n) is 4.97. The van der Waals surface area contributed by atoms with Gasteiger partial charge in [-0.25, -0.2) is 9.59 Å². The number of aliphatic hydroxyl groups excluding tert-OH is 2. The lowest BCUT2D eigenvalue weighted by atomic mass is 10.2. The molecule has 0 saturated carbocycles. The first-order chi connectivity index (χ1) is 15.5. The van der Waals surface area contributed by atoms with Gasteiger partial charge in [0, 0.05) is 6.42 Å². The molecule has 0 spiro atoms. The molecule has 4 N–H and O–H groups in total. The Morgan fingerprint density at radius 2 is 2.25 bits per heavy atom. The molecule has 12 nitrogen and oxygen atoms in total. The lowest BCUT2D eigenvalue weighted by Crippen LogP contribution is -2.29. The predicted molar refractivity (Wildman–Crippen MR) is 110 cm³/mol. The van der Waals surface area contributed by atoms with Gasteiger partial charge in [0.15, 0.2) is 17.3 Å². The molecule has 4 rings (SSSR count). The topological polar surface area (TPSA) is 153 Å². The van der Waals surface area contributed by atoms with E-state index in [0.29, 0.717) is 22.9 Å². The summed E-state index contributed by atoms with van der Waals surface area (Å²) >= 11 is 0. The molecule has 3 heterocycles. The number of para-hydroxylation sites is 1. The highest BCUT2D eigenvalue weighted by Crippen LogP contribution is 2.45. The van der Waals surface area contributed by atoms with Crippen molar-refractivity contribution in [1.29, 1.82) is 0 Å². The van der Waals surface area contributed by atoms with Crippen molar-refractivity contribution in [2.75, 3.05) is 31.7 Å². The van der Waals surface area contributed by atoms with Gasteiger partial charge in [0.1, 0.15) is 30.4 Å². The van der Waals surface area contributed by atoms with Crippen LogP contribution in [0, 0.1) is 0 Å². The van der Waals surface area contributed by atoms with E-state index in [0.717, 1.165) is 0 Å². The van der Waals surface area contributed by atoms with Gasteiger partial charge in [-0.1, -0.05) is 6.07 Å². The summed E-state index contributed by atoms with van der Waals surface area (Å²) in [6.07, 6.45) is -1.33. The zero-order valence-corrected chi connectivity index (χ0v) is 17.3. The second kappa shape index (κ2) is 9.42. The van der Waals surface area contributed by atoms with Crippen LogP contribution in [0.5, 0.6) is 17.2 Å². The third-order valence-corrected chi connectivity index (χ3v) is 4.97. The molecule has 12 heteroatoms. The molecular formula is C20H24N4O8. The van der Waals surface area contributed by atoms with E-state index < -0.39 is 30.2 Å². The summed E-state index contributed by atoms with van der Waals surface area (Å²) in [5, 5.41) is 24.8. The van der Waals surface area contributed by atoms with E-state index in [2.05, 4.69) is 15.6 Å². The molecule has 32 heavy (non-hydrogen) atoms. The zero-order valence-electron chi connectivity index (χ0n) is 17.3. The van der Waals surface area contributed by atoms with Gasteiger partial charge < -0.3 is 39.8 Å². The monoisotopic (exact) mass is 448 g/mol. The summed E-state index contributed by atoms with van der Waals surface area (Å²) in [4.78, 5) is 27.9. The van der Waals surface area contributed by atoms with Crippen molar-refractivity contribution in [2.45, 2.75) is 31.8 Å². The van der Waals surface area contributed by atoms with E-state index in [1.807, 2.05) is 0 Å². The first kappa shape index (κ1) is 21.9. The highest BCUT2D eigenvalue weighted by atomic mass is 16.6. The van der Waals surface area contributed by atoms with Crippen LogP contribution >= 0.6 is 0 Å². The van der Waals surface area contributed by atoms with Crippen molar-refractivity contribution in [2.24, 2.45) is 0 Å². The second-order valence-corrected chi connectivity index (χ2v) is 7.11. The first-order valence-corrected chi connectivity index (χ1v) is 10.2. The van der Waals surface area contributed by atoms with Gasteiger partial charge in [-0.05, 0) is 19.1 Å². The Kier molecular flexibility index (Phi) is 6.44. The Morgan fingerprint density at radius 3 is 3.00 bits per heavy atom. The molecule has 0 radical (unpaired) electrons. The van der Waals surface area contributed by atoms with E-state index in [4.69, 9.17) is 18.9 Å². The van der Waals surface area contributed by atoms with Gasteiger partial charge in [-0.3, -0.25) is 4.57 Å². The van der Waals surface area contributed by atoms with Crippen LogP contribution in [-0.2, 0) is 9.47 Å². The summed E-state index contributed by atoms with van der Waals surface area (Å²) < 4.78 is 23.2. The van der Waals surface area contributed by atoms with Gasteiger partial charge in [-0.2, -0.15) is 4.98 Å². The van der Waals surface area contributed by atoms with Crippen molar-refractivity contribution in [3.8, 4) is 17.2 Å². The Labute approximate surface area is 182 Å². The molecule has 2 aliphatic heterocycles. The lowest BCUT2D eigenvalue weighted by molar-refractivity contribution is -0.0459. The minimum absolute atomic E-state index is 0.146. The average Bonchev–Trinajstić information content (AvgIpc) is 3.15. The first-order valence-electron chi connectivity index (χ1n) is 10.2. The van der Waals surface area contributed by atoms with Crippen LogP contribution in [0.1, 0.15) is 19.6 Å². The van der Waals surface area contributed by atoms with Crippen molar-refractivity contribution in [3.63, 3.8) is 0 Å². The van der Waals surface area contributed by atoms with Crippen molar-refractivity contribution in [3.05, 3.63) is 34.9 Å². The summed E-state index contributed by atoms with van der Waals surface area (Å²) in [7, 11) is 0. The maximum atomic E-state index is 12.6. The summed E-state index contributed by atoms with van der Waals surface area (Å²) in [5.74, 6) is 1.42. The van der Waals surface area contributed by atoms with Gasteiger partial charge in [0.2, 0.25) is 0 Å². The smallest absolute Gasteiger partial charge is 0.407 e. The summed E-state index contributed by atoms with van der Waals surface area (Å²) in [5.41, 5.74) is -0.107. The minimum atomic E-state index is -0.884. The average molecular weight is 448 g/mol. The SMILES string of the molecule is CCOC(=O)NCCOc1cccc2c1Nc1nc(=O)n([C@H]3C[C@H](O)[C@@H](CO)O3)cc1O2. The van der Waals surface area contributed by atoms with Gasteiger partial charge in [0.25, 0.3) is 0 Å². The molecule has 1 aromatic carbocycles. The second-order valence-electron chi connectivity index (χ2n) is 7.11. The number of carbonyl (C=O) groups excluding carboxylic acids is 1. The number of benzene rings is 1. The molecule has 1 saturated heterocycles.